The number of aromatic nitrogens is 1. The summed E-state index contributed by atoms with van der Waals surface area (Å²) >= 11 is 0. The molecule has 1 aromatic heterocycles. The van der Waals surface area contributed by atoms with Gasteiger partial charge in [-0.2, -0.15) is 0 Å². The summed E-state index contributed by atoms with van der Waals surface area (Å²) in [5.41, 5.74) is 2.04. The fraction of sp³-hybridized carbons (Fsp3) is 0.250. The Balaban J connectivity index is 1.83. The lowest BCUT2D eigenvalue weighted by molar-refractivity contribution is -0.131. The fourth-order valence-electron chi connectivity index (χ4n) is 2.61. The molecule has 1 aliphatic heterocycles. The molecule has 1 aliphatic rings. The highest BCUT2D eigenvalue weighted by molar-refractivity contribution is 5.88. The molecule has 102 valence electrons. The average molecular weight is 269 g/mol. The highest BCUT2D eigenvalue weighted by Crippen LogP contribution is 2.27. The van der Waals surface area contributed by atoms with Gasteiger partial charge in [-0.25, -0.2) is 0 Å². The van der Waals surface area contributed by atoms with Crippen LogP contribution < -0.4 is 4.74 Å². The molecular weight excluding hydrogens is 254 g/mol. The highest BCUT2D eigenvalue weighted by Gasteiger charge is 2.27. The van der Waals surface area contributed by atoms with Crippen LogP contribution in [0.1, 0.15) is 24.1 Å². The quantitative estimate of drug-likeness (QED) is 0.621. The van der Waals surface area contributed by atoms with Crippen LogP contribution in [-0.2, 0) is 22.6 Å². The molecule has 4 nitrogen and oxygen atoms in total. The molecule has 2 aromatic rings. The number of carbonyl (C=O) groups is 2. The Hall–Kier alpha value is -2.36. The van der Waals surface area contributed by atoms with Crippen molar-refractivity contribution < 1.29 is 14.3 Å². The number of ketones is 1. The van der Waals surface area contributed by atoms with E-state index < -0.39 is 0 Å². The van der Waals surface area contributed by atoms with Crippen LogP contribution in [0.15, 0.2) is 42.6 Å². The van der Waals surface area contributed by atoms with Crippen molar-refractivity contribution in [1.82, 2.24) is 4.57 Å². The molecule has 4 heteroatoms. The van der Waals surface area contributed by atoms with Crippen molar-refractivity contribution in [3.05, 3.63) is 53.9 Å². The van der Waals surface area contributed by atoms with Crippen molar-refractivity contribution in [3.8, 4) is 5.75 Å². The number of carbonyl (C=O) groups excluding carboxylic acids is 2. The van der Waals surface area contributed by atoms with Crippen LogP contribution in [0.4, 0.5) is 0 Å². The van der Waals surface area contributed by atoms with Crippen molar-refractivity contribution in [2.24, 2.45) is 0 Å². The molecule has 1 unspecified atom stereocenters. The SMILES string of the molecule is CC(=O)Oc1ccc(C2Cn3cccc3CC2=O)cc1. The van der Waals surface area contributed by atoms with Crippen LogP contribution in [0.25, 0.3) is 0 Å². The molecule has 20 heavy (non-hydrogen) atoms. The predicted molar refractivity (Wildman–Crippen MR) is 73.6 cm³/mol. The summed E-state index contributed by atoms with van der Waals surface area (Å²) in [6.07, 6.45) is 2.48. The Morgan fingerprint density at radius 1 is 1.25 bits per heavy atom. The van der Waals surface area contributed by atoms with Crippen LogP contribution in [0, 0.1) is 0 Å². The molecule has 0 aliphatic carbocycles. The molecule has 0 amide bonds. The predicted octanol–water partition coefficient (Wildman–Crippen LogP) is 2.32. The monoisotopic (exact) mass is 269 g/mol. The first kappa shape index (κ1) is 12.7. The van der Waals surface area contributed by atoms with Gasteiger partial charge in [0.15, 0.2) is 0 Å². The van der Waals surface area contributed by atoms with E-state index in [1.807, 2.05) is 30.5 Å². The van der Waals surface area contributed by atoms with Crippen LogP contribution >= 0.6 is 0 Å². The first-order valence-electron chi connectivity index (χ1n) is 6.58. The Kier molecular flexibility index (Phi) is 3.14. The number of rotatable bonds is 2. The van der Waals surface area contributed by atoms with E-state index in [-0.39, 0.29) is 17.7 Å². The number of Topliss-reactive ketones (excluding diaryl/α,β-unsaturated/α-hetero) is 1. The van der Waals surface area contributed by atoms with Gasteiger partial charge in [0.2, 0.25) is 0 Å². The summed E-state index contributed by atoms with van der Waals surface area (Å²) < 4.78 is 7.12. The summed E-state index contributed by atoms with van der Waals surface area (Å²) in [5, 5.41) is 0. The van der Waals surface area contributed by atoms with Crippen molar-refractivity contribution in [1.29, 1.82) is 0 Å². The summed E-state index contributed by atoms with van der Waals surface area (Å²) in [6, 6.07) is 11.1. The van der Waals surface area contributed by atoms with Crippen LogP contribution in [0.2, 0.25) is 0 Å². The van der Waals surface area contributed by atoms with E-state index in [2.05, 4.69) is 4.57 Å². The number of ether oxygens (including phenoxy) is 1. The lowest BCUT2D eigenvalue weighted by Crippen LogP contribution is -2.27. The van der Waals surface area contributed by atoms with Crippen molar-refractivity contribution in [2.75, 3.05) is 0 Å². The summed E-state index contributed by atoms with van der Waals surface area (Å²) in [4.78, 5) is 23.1. The van der Waals surface area contributed by atoms with Gasteiger partial charge in [-0.3, -0.25) is 9.59 Å². The second-order valence-corrected chi connectivity index (χ2v) is 5.01. The van der Waals surface area contributed by atoms with E-state index in [1.165, 1.54) is 6.92 Å². The van der Waals surface area contributed by atoms with Gasteiger partial charge in [0.1, 0.15) is 11.5 Å². The molecule has 0 saturated carbocycles. The molecule has 0 fully saturated rings. The van der Waals surface area contributed by atoms with E-state index in [4.69, 9.17) is 4.74 Å². The third-order valence-electron chi connectivity index (χ3n) is 3.59. The van der Waals surface area contributed by atoms with Gasteiger partial charge < -0.3 is 9.30 Å². The zero-order valence-electron chi connectivity index (χ0n) is 11.2. The van der Waals surface area contributed by atoms with Gasteiger partial charge in [0.25, 0.3) is 0 Å². The van der Waals surface area contributed by atoms with Crippen LogP contribution in [-0.4, -0.2) is 16.3 Å². The second kappa shape index (κ2) is 4.96. The maximum absolute atomic E-state index is 12.2. The first-order chi connectivity index (χ1) is 9.63. The molecule has 1 atom stereocenters. The van der Waals surface area contributed by atoms with E-state index in [0.717, 1.165) is 11.3 Å². The molecule has 0 saturated heterocycles. The topological polar surface area (TPSA) is 48.3 Å². The minimum Gasteiger partial charge on any atom is -0.427 e. The zero-order chi connectivity index (χ0) is 14.1. The molecule has 0 spiro atoms. The third-order valence-corrected chi connectivity index (χ3v) is 3.59. The number of esters is 1. The van der Waals surface area contributed by atoms with E-state index >= 15 is 0 Å². The van der Waals surface area contributed by atoms with Gasteiger partial charge >= 0.3 is 5.97 Å². The number of hydrogen-bond donors (Lipinski definition) is 0. The maximum Gasteiger partial charge on any atom is 0.308 e. The standard InChI is InChI=1S/C16H15NO3/c1-11(18)20-14-6-4-12(5-7-14)15-10-17-8-2-3-13(17)9-16(15)19/h2-8,15H,9-10H2,1H3. The molecule has 3 rings (SSSR count). The average Bonchev–Trinajstić information content (AvgIpc) is 2.85. The summed E-state index contributed by atoms with van der Waals surface area (Å²) in [5.74, 6) is 0.271. The first-order valence-corrected chi connectivity index (χ1v) is 6.58. The minimum absolute atomic E-state index is 0.124. The third kappa shape index (κ3) is 2.37. The normalized spacial score (nSPS) is 17.6. The Morgan fingerprint density at radius 2 is 2.00 bits per heavy atom. The van der Waals surface area contributed by atoms with Crippen LogP contribution in [0.3, 0.4) is 0 Å². The minimum atomic E-state index is -0.344. The largest absolute Gasteiger partial charge is 0.427 e. The zero-order valence-corrected chi connectivity index (χ0v) is 11.2. The smallest absolute Gasteiger partial charge is 0.308 e. The van der Waals surface area contributed by atoms with Crippen molar-refractivity contribution in [3.63, 3.8) is 0 Å². The highest BCUT2D eigenvalue weighted by atomic mass is 16.5. The van der Waals surface area contributed by atoms with Gasteiger partial charge in [-0.15, -0.1) is 0 Å². The molecule has 1 aromatic carbocycles. The molecule has 0 radical (unpaired) electrons. The van der Waals surface area contributed by atoms with Crippen LogP contribution in [0.5, 0.6) is 5.75 Å². The Morgan fingerprint density at radius 3 is 2.70 bits per heavy atom. The van der Waals surface area contributed by atoms with Crippen molar-refractivity contribution in [2.45, 2.75) is 25.8 Å². The second-order valence-electron chi connectivity index (χ2n) is 5.01. The maximum atomic E-state index is 12.2. The molecule has 2 heterocycles. The lowest BCUT2D eigenvalue weighted by Gasteiger charge is -2.24. The number of nitrogens with zero attached hydrogens (tertiary/aromatic N) is 1. The Bertz CT molecular complexity index is 655. The molecular formula is C16H15NO3. The van der Waals surface area contributed by atoms with Gasteiger partial charge in [0, 0.05) is 31.8 Å². The van der Waals surface area contributed by atoms with Crippen molar-refractivity contribution >= 4 is 11.8 Å². The van der Waals surface area contributed by atoms with E-state index in [1.54, 1.807) is 12.1 Å². The van der Waals surface area contributed by atoms with Gasteiger partial charge in [0.05, 0.1) is 5.92 Å². The summed E-state index contributed by atoms with van der Waals surface area (Å²) in [7, 11) is 0. The number of fused-ring (bicyclic) bond motifs is 1. The molecule has 0 bridgehead atoms. The molecule has 0 N–H and O–H groups in total. The number of hydrogen-bond acceptors (Lipinski definition) is 3. The van der Waals surface area contributed by atoms with E-state index in [0.29, 0.717) is 18.7 Å². The number of benzene rings is 1. The van der Waals surface area contributed by atoms with Gasteiger partial charge in [-0.05, 0) is 29.8 Å². The lowest BCUT2D eigenvalue weighted by atomic mass is 9.89. The Labute approximate surface area is 117 Å². The summed E-state index contributed by atoms with van der Waals surface area (Å²) in [6.45, 7) is 2.04. The van der Waals surface area contributed by atoms with E-state index in [9.17, 15) is 9.59 Å². The fourth-order valence-corrected chi connectivity index (χ4v) is 2.61. The van der Waals surface area contributed by atoms with Gasteiger partial charge in [-0.1, -0.05) is 12.1 Å².